The number of carboxylic acid groups (broad SMARTS) is 1. The van der Waals surface area contributed by atoms with E-state index in [-0.39, 0.29) is 5.69 Å². The number of carboxylic acids is 1. The molecule has 2 rings (SSSR count). The summed E-state index contributed by atoms with van der Waals surface area (Å²) in [6.45, 7) is 8.20. The highest BCUT2D eigenvalue weighted by molar-refractivity contribution is 8.00. The minimum absolute atomic E-state index is 0.00419. The Balaban J connectivity index is 1.85. The van der Waals surface area contributed by atoms with E-state index >= 15 is 0 Å². The van der Waals surface area contributed by atoms with Gasteiger partial charge in [-0.1, -0.05) is 5.21 Å². The van der Waals surface area contributed by atoms with Crippen LogP contribution in [0.1, 0.15) is 24.3 Å². The Morgan fingerprint density at radius 3 is 2.94 bits per heavy atom. The molecule has 0 spiro atoms. The third kappa shape index (κ3) is 3.46. The van der Waals surface area contributed by atoms with E-state index < -0.39 is 5.97 Å². The smallest absolute Gasteiger partial charge is 0.358 e. The normalized spacial score (nSPS) is 19.9. The van der Waals surface area contributed by atoms with Crippen LogP contribution in [0.25, 0.3) is 0 Å². The number of aromatic carboxylic acids is 1. The fourth-order valence-electron chi connectivity index (χ4n) is 2.05. The summed E-state index contributed by atoms with van der Waals surface area (Å²) < 4.78 is 1.89. The average molecular weight is 270 g/mol. The molecule has 18 heavy (non-hydrogen) atoms. The summed E-state index contributed by atoms with van der Waals surface area (Å²) in [4.78, 5) is 13.1. The number of carbonyl (C=O) groups is 1. The number of hydrogen-bond acceptors (Lipinski definition) is 5. The highest BCUT2D eigenvalue weighted by Gasteiger charge is 2.26. The van der Waals surface area contributed by atoms with Gasteiger partial charge in [-0.15, -0.1) is 5.10 Å². The van der Waals surface area contributed by atoms with Crippen LogP contribution in [0.15, 0.2) is 6.20 Å². The molecule has 0 amide bonds. The number of nitrogens with zero attached hydrogens (tertiary/aromatic N) is 4. The molecule has 1 saturated heterocycles. The van der Waals surface area contributed by atoms with E-state index in [4.69, 9.17) is 5.11 Å². The van der Waals surface area contributed by atoms with Gasteiger partial charge >= 0.3 is 5.97 Å². The van der Waals surface area contributed by atoms with Crippen LogP contribution in [-0.2, 0) is 6.54 Å². The summed E-state index contributed by atoms with van der Waals surface area (Å²) in [5.41, 5.74) is 0.00419. The first-order valence-electron chi connectivity index (χ1n) is 5.96. The summed E-state index contributed by atoms with van der Waals surface area (Å²) in [5, 5.41) is 16.2. The zero-order valence-electron chi connectivity index (χ0n) is 10.7. The Kier molecular flexibility index (Phi) is 3.91. The van der Waals surface area contributed by atoms with Gasteiger partial charge in [-0.05, 0) is 13.8 Å². The molecular weight excluding hydrogens is 252 g/mol. The maximum atomic E-state index is 10.7. The SMILES string of the molecule is CC1(C)CN(CCn2cc(C(=O)O)nn2)CCS1. The predicted molar refractivity (Wildman–Crippen MR) is 70.0 cm³/mol. The molecule has 1 aromatic heterocycles. The lowest BCUT2D eigenvalue weighted by molar-refractivity contribution is 0.0690. The van der Waals surface area contributed by atoms with Gasteiger partial charge in [0.25, 0.3) is 0 Å². The average Bonchev–Trinajstić information content (AvgIpc) is 2.74. The molecule has 100 valence electrons. The van der Waals surface area contributed by atoms with Gasteiger partial charge in [-0.3, -0.25) is 9.58 Å². The van der Waals surface area contributed by atoms with Crippen LogP contribution >= 0.6 is 11.8 Å². The van der Waals surface area contributed by atoms with E-state index in [2.05, 4.69) is 29.1 Å². The highest BCUT2D eigenvalue weighted by Crippen LogP contribution is 2.29. The molecule has 6 nitrogen and oxygen atoms in total. The van der Waals surface area contributed by atoms with Crippen LogP contribution in [0.3, 0.4) is 0 Å². The monoisotopic (exact) mass is 270 g/mol. The van der Waals surface area contributed by atoms with Gasteiger partial charge in [0, 0.05) is 30.1 Å². The molecular formula is C11H18N4O2S. The van der Waals surface area contributed by atoms with Crippen LogP contribution in [0.4, 0.5) is 0 Å². The first-order chi connectivity index (χ1) is 8.46. The van der Waals surface area contributed by atoms with E-state index in [0.29, 0.717) is 11.3 Å². The van der Waals surface area contributed by atoms with Gasteiger partial charge in [-0.25, -0.2) is 4.79 Å². The lowest BCUT2D eigenvalue weighted by atomic mass is 10.2. The van der Waals surface area contributed by atoms with E-state index in [0.717, 1.165) is 25.4 Å². The van der Waals surface area contributed by atoms with E-state index in [1.54, 1.807) is 4.68 Å². The van der Waals surface area contributed by atoms with E-state index in [1.165, 1.54) is 6.20 Å². The molecule has 0 aliphatic carbocycles. The first kappa shape index (κ1) is 13.4. The Morgan fingerprint density at radius 1 is 1.56 bits per heavy atom. The second-order valence-electron chi connectivity index (χ2n) is 5.06. The van der Waals surface area contributed by atoms with Crippen molar-refractivity contribution in [3.05, 3.63) is 11.9 Å². The minimum atomic E-state index is -1.03. The lowest BCUT2D eigenvalue weighted by Crippen LogP contribution is -2.44. The Labute approximate surface area is 110 Å². The third-order valence-electron chi connectivity index (χ3n) is 2.91. The summed E-state index contributed by atoms with van der Waals surface area (Å²) in [6, 6.07) is 0. The second kappa shape index (κ2) is 5.27. The summed E-state index contributed by atoms with van der Waals surface area (Å²) >= 11 is 2.00. The standard InChI is InChI=1S/C11H18N4O2S/c1-11(2)8-14(5-6-18-11)3-4-15-7-9(10(16)17)12-13-15/h7H,3-6,8H2,1-2H3,(H,16,17). The number of rotatable bonds is 4. The molecule has 7 heteroatoms. The fourth-order valence-corrected chi connectivity index (χ4v) is 3.23. The summed E-state index contributed by atoms with van der Waals surface area (Å²) in [5.74, 6) is 0.113. The Hall–Kier alpha value is -1.08. The van der Waals surface area contributed by atoms with E-state index in [1.807, 2.05) is 11.8 Å². The van der Waals surface area contributed by atoms with Crippen molar-refractivity contribution in [3.63, 3.8) is 0 Å². The molecule has 1 aliphatic heterocycles. The number of thioether (sulfide) groups is 1. The van der Waals surface area contributed by atoms with Crippen LogP contribution in [0, 0.1) is 0 Å². The zero-order valence-corrected chi connectivity index (χ0v) is 11.5. The number of aromatic nitrogens is 3. The van der Waals surface area contributed by atoms with E-state index in [9.17, 15) is 4.79 Å². The van der Waals surface area contributed by atoms with Crippen molar-refractivity contribution in [3.8, 4) is 0 Å². The fraction of sp³-hybridized carbons (Fsp3) is 0.727. The highest BCUT2D eigenvalue weighted by atomic mass is 32.2. The van der Waals surface area contributed by atoms with Crippen molar-refractivity contribution in [2.75, 3.05) is 25.4 Å². The van der Waals surface area contributed by atoms with Gasteiger partial charge in [0.15, 0.2) is 5.69 Å². The largest absolute Gasteiger partial charge is 0.476 e. The van der Waals surface area contributed by atoms with Crippen molar-refractivity contribution >= 4 is 17.7 Å². The van der Waals surface area contributed by atoms with Crippen LogP contribution in [0.5, 0.6) is 0 Å². The van der Waals surface area contributed by atoms with Gasteiger partial charge in [0.05, 0.1) is 12.7 Å². The molecule has 0 atom stereocenters. The first-order valence-corrected chi connectivity index (χ1v) is 6.95. The molecule has 1 aliphatic rings. The molecule has 0 saturated carbocycles. The second-order valence-corrected chi connectivity index (χ2v) is 6.86. The molecule has 1 N–H and O–H groups in total. The predicted octanol–water partition coefficient (Wildman–Crippen LogP) is 0.804. The quantitative estimate of drug-likeness (QED) is 0.872. The van der Waals surface area contributed by atoms with Crippen molar-refractivity contribution in [2.24, 2.45) is 0 Å². The van der Waals surface area contributed by atoms with Crippen LogP contribution in [0.2, 0.25) is 0 Å². The maximum Gasteiger partial charge on any atom is 0.358 e. The lowest BCUT2D eigenvalue weighted by Gasteiger charge is -2.37. The van der Waals surface area contributed by atoms with Gasteiger partial charge in [-0.2, -0.15) is 11.8 Å². The Morgan fingerprint density at radius 2 is 2.33 bits per heavy atom. The summed E-state index contributed by atoms with van der Waals surface area (Å²) in [7, 11) is 0. The molecule has 0 radical (unpaired) electrons. The minimum Gasteiger partial charge on any atom is -0.476 e. The molecule has 0 bridgehead atoms. The van der Waals surface area contributed by atoms with Crippen LogP contribution in [-0.4, -0.2) is 61.1 Å². The molecule has 1 fully saturated rings. The van der Waals surface area contributed by atoms with Crippen molar-refractivity contribution < 1.29 is 9.90 Å². The van der Waals surface area contributed by atoms with Gasteiger partial charge in [0.2, 0.25) is 0 Å². The maximum absolute atomic E-state index is 10.7. The zero-order chi connectivity index (χ0) is 13.2. The Bertz CT molecular complexity index is 432. The van der Waals surface area contributed by atoms with Crippen molar-refractivity contribution in [1.82, 2.24) is 19.9 Å². The van der Waals surface area contributed by atoms with Crippen molar-refractivity contribution in [1.29, 1.82) is 0 Å². The van der Waals surface area contributed by atoms with Gasteiger partial charge < -0.3 is 5.11 Å². The topological polar surface area (TPSA) is 71.2 Å². The van der Waals surface area contributed by atoms with Crippen molar-refractivity contribution in [2.45, 2.75) is 25.1 Å². The van der Waals surface area contributed by atoms with Gasteiger partial charge in [0.1, 0.15) is 0 Å². The summed E-state index contributed by atoms with van der Waals surface area (Å²) in [6.07, 6.45) is 1.48. The molecule has 1 aromatic rings. The van der Waals surface area contributed by atoms with Crippen LogP contribution < -0.4 is 0 Å². The number of hydrogen-bond donors (Lipinski definition) is 1. The molecule has 0 unspecified atom stereocenters. The third-order valence-corrected chi connectivity index (χ3v) is 4.21. The molecule has 0 aromatic carbocycles. The molecule has 2 heterocycles.